The SMILES string of the molecule is O=c1c2c(-c3ccc(F)cc3)csc2ncn1Cc1ccc([N+](=O)[O-])cc1. The van der Waals surface area contributed by atoms with Crippen LogP contribution in [0.4, 0.5) is 10.1 Å². The van der Waals surface area contributed by atoms with Gasteiger partial charge in [-0.1, -0.05) is 24.3 Å². The van der Waals surface area contributed by atoms with Crippen LogP contribution in [0.3, 0.4) is 0 Å². The van der Waals surface area contributed by atoms with Crippen molar-refractivity contribution in [1.29, 1.82) is 0 Å². The van der Waals surface area contributed by atoms with Crippen molar-refractivity contribution in [2.24, 2.45) is 0 Å². The van der Waals surface area contributed by atoms with Crippen LogP contribution in [0.15, 0.2) is 65.0 Å². The van der Waals surface area contributed by atoms with Gasteiger partial charge in [0.2, 0.25) is 0 Å². The number of halogens is 1. The van der Waals surface area contributed by atoms with Crippen molar-refractivity contribution in [2.45, 2.75) is 6.54 Å². The van der Waals surface area contributed by atoms with E-state index in [1.807, 2.05) is 5.38 Å². The average Bonchev–Trinajstić information content (AvgIpc) is 3.10. The summed E-state index contributed by atoms with van der Waals surface area (Å²) in [5.41, 5.74) is 2.00. The molecule has 0 atom stereocenters. The van der Waals surface area contributed by atoms with Gasteiger partial charge in [-0.25, -0.2) is 9.37 Å². The lowest BCUT2D eigenvalue weighted by Crippen LogP contribution is -2.20. The molecular formula is C19H12FN3O3S. The molecule has 0 bridgehead atoms. The van der Waals surface area contributed by atoms with Crippen LogP contribution in [0.5, 0.6) is 0 Å². The summed E-state index contributed by atoms with van der Waals surface area (Å²) in [4.78, 5) is 28.2. The maximum absolute atomic E-state index is 13.2. The molecule has 4 rings (SSSR count). The first-order valence-electron chi connectivity index (χ1n) is 7.99. The summed E-state index contributed by atoms with van der Waals surface area (Å²) < 4.78 is 14.7. The Labute approximate surface area is 156 Å². The van der Waals surface area contributed by atoms with E-state index in [0.717, 1.165) is 11.1 Å². The van der Waals surface area contributed by atoms with Crippen molar-refractivity contribution < 1.29 is 9.31 Å². The second-order valence-electron chi connectivity index (χ2n) is 5.94. The van der Waals surface area contributed by atoms with Gasteiger partial charge in [0.15, 0.2) is 0 Å². The van der Waals surface area contributed by atoms with E-state index in [1.165, 1.54) is 46.5 Å². The Bertz CT molecular complexity index is 1200. The molecule has 27 heavy (non-hydrogen) atoms. The van der Waals surface area contributed by atoms with Crippen LogP contribution in [0.1, 0.15) is 5.56 Å². The number of non-ortho nitro benzene ring substituents is 1. The minimum atomic E-state index is -0.468. The normalized spacial score (nSPS) is 11.0. The lowest BCUT2D eigenvalue weighted by atomic mass is 10.1. The molecular weight excluding hydrogens is 369 g/mol. The summed E-state index contributed by atoms with van der Waals surface area (Å²) in [5.74, 6) is -0.341. The van der Waals surface area contributed by atoms with E-state index in [2.05, 4.69) is 4.98 Å². The molecule has 2 aromatic heterocycles. The summed E-state index contributed by atoms with van der Waals surface area (Å²) >= 11 is 1.35. The van der Waals surface area contributed by atoms with Gasteiger partial charge in [-0.3, -0.25) is 19.5 Å². The number of benzene rings is 2. The maximum Gasteiger partial charge on any atom is 0.269 e. The highest BCUT2D eigenvalue weighted by molar-refractivity contribution is 7.17. The lowest BCUT2D eigenvalue weighted by molar-refractivity contribution is -0.384. The summed E-state index contributed by atoms with van der Waals surface area (Å²) in [6.45, 7) is 0.248. The van der Waals surface area contributed by atoms with Gasteiger partial charge in [0.05, 0.1) is 23.2 Å². The number of thiophene rings is 1. The van der Waals surface area contributed by atoms with Crippen molar-refractivity contribution in [3.63, 3.8) is 0 Å². The quantitative estimate of drug-likeness (QED) is 0.392. The number of hydrogen-bond acceptors (Lipinski definition) is 5. The highest BCUT2D eigenvalue weighted by atomic mass is 32.1. The van der Waals surface area contributed by atoms with E-state index in [9.17, 15) is 19.3 Å². The monoisotopic (exact) mass is 381 g/mol. The average molecular weight is 381 g/mol. The minimum absolute atomic E-state index is 0.00361. The Balaban J connectivity index is 1.75. The number of rotatable bonds is 4. The summed E-state index contributed by atoms with van der Waals surface area (Å²) in [7, 11) is 0. The van der Waals surface area contributed by atoms with Crippen LogP contribution >= 0.6 is 11.3 Å². The predicted molar refractivity (Wildman–Crippen MR) is 101 cm³/mol. The Hall–Kier alpha value is -3.39. The zero-order valence-electron chi connectivity index (χ0n) is 13.8. The fourth-order valence-corrected chi connectivity index (χ4v) is 3.75. The highest BCUT2D eigenvalue weighted by Crippen LogP contribution is 2.30. The second-order valence-corrected chi connectivity index (χ2v) is 6.80. The Kier molecular flexibility index (Phi) is 4.25. The molecule has 0 radical (unpaired) electrons. The van der Waals surface area contributed by atoms with E-state index in [-0.39, 0.29) is 23.6 Å². The van der Waals surface area contributed by atoms with Gasteiger partial charge in [-0.2, -0.15) is 0 Å². The molecule has 4 aromatic rings. The van der Waals surface area contributed by atoms with Gasteiger partial charge in [0.25, 0.3) is 11.2 Å². The maximum atomic E-state index is 13.2. The third kappa shape index (κ3) is 3.22. The number of nitro benzene ring substituents is 1. The fourth-order valence-electron chi connectivity index (χ4n) is 2.84. The van der Waals surface area contributed by atoms with Gasteiger partial charge in [0.1, 0.15) is 10.6 Å². The third-order valence-electron chi connectivity index (χ3n) is 4.22. The van der Waals surface area contributed by atoms with Crippen molar-refractivity contribution in [3.8, 4) is 11.1 Å². The lowest BCUT2D eigenvalue weighted by Gasteiger charge is -2.06. The summed E-state index contributed by atoms with van der Waals surface area (Å²) in [6.07, 6.45) is 1.47. The standard InChI is InChI=1S/C19H12FN3O3S/c20-14-5-3-13(4-6-14)16-10-27-18-17(16)19(24)22(11-21-18)9-12-1-7-15(8-2-12)23(25)26/h1-8,10-11H,9H2. The van der Waals surface area contributed by atoms with Crippen molar-refractivity contribution in [1.82, 2.24) is 9.55 Å². The second kappa shape index (κ2) is 6.73. The molecule has 2 aromatic carbocycles. The number of nitro groups is 1. The first-order chi connectivity index (χ1) is 13.0. The minimum Gasteiger partial charge on any atom is -0.294 e. The van der Waals surface area contributed by atoms with E-state index >= 15 is 0 Å². The molecule has 0 saturated heterocycles. The van der Waals surface area contributed by atoms with Crippen molar-refractivity contribution in [2.75, 3.05) is 0 Å². The molecule has 0 fully saturated rings. The fraction of sp³-hybridized carbons (Fsp3) is 0.0526. The van der Waals surface area contributed by atoms with Gasteiger partial charge in [-0.15, -0.1) is 11.3 Å². The van der Waals surface area contributed by atoms with Crippen LogP contribution < -0.4 is 5.56 Å². The van der Waals surface area contributed by atoms with E-state index in [0.29, 0.717) is 15.8 Å². The molecule has 8 heteroatoms. The van der Waals surface area contributed by atoms with Crippen LogP contribution in [-0.4, -0.2) is 14.5 Å². The van der Waals surface area contributed by atoms with E-state index in [1.54, 1.807) is 24.3 Å². The molecule has 0 saturated carbocycles. The van der Waals surface area contributed by atoms with Crippen LogP contribution in [0.2, 0.25) is 0 Å². The summed E-state index contributed by atoms with van der Waals surface area (Å²) in [5, 5.41) is 13.1. The summed E-state index contributed by atoms with van der Waals surface area (Å²) in [6, 6.07) is 12.0. The van der Waals surface area contributed by atoms with Crippen LogP contribution in [0.25, 0.3) is 21.3 Å². The topological polar surface area (TPSA) is 78.0 Å². The molecule has 0 aliphatic heterocycles. The highest BCUT2D eigenvalue weighted by Gasteiger charge is 2.14. The van der Waals surface area contributed by atoms with Crippen molar-refractivity contribution >= 4 is 27.2 Å². The Morgan fingerprint density at radius 3 is 2.48 bits per heavy atom. The number of aromatic nitrogens is 2. The first-order valence-corrected chi connectivity index (χ1v) is 8.87. The molecule has 0 N–H and O–H groups in total. The predicted octanol–water partition coefficient (Wildman–Crippen LogP) is 4.22. The number of fused-ring (bicyclic) bond motifs is 1. The molecule has 134 valence electrons. The zero-order chi connectivity index (χ0) is 19.0. The first kappa shape index (κ1) is 17.0. The molecule has 0 unspecified atom stereocenters. The molecule has 2 heterocycles. The molecule has 0 spiro atoms. The number of nitrogens with zero attached hydrogens (tertiary/aromatic N) is 3. The van der Waals surface area contributed by atoms with Gasteiger partial charge in [-0.05, 0) is 23.3 Å². The Morgan fingerprint density at radius 1 is 1.11 bits per heavy atom. The largest absolute Gasteiger partial charge is 0.294 e. The van der Waals surface area contributed by atoms with Crippen LogP contribution in [-0.2, 0) is 6.54 Å². The smallest absolute Gasteiger partial charge is 0.269 e. The van der Waals surface area contributed by atoms with E-state index in [4.69, 9.17) is 0 Å². The molecule has 6 nitrogen and oxygen atoms in total. The third-order valence-corrected chi connectivity index (χ3v) is 5.10. The van der Waals surface area contributed by atoms with E-state index < -0.39 is 4.92 Å². The van der Waals surface area contributed by atoms with Gasteiger partial charge >= 0.3 is 0 Å². The van der Waals surface area contributed by atoms with Gasteiger partial charge in [0, 0.05) is 23.1 Å². The van der Waals surface area contributed by atoms with Gasteiger partial charge < -0.3 is 0 Å². The molecule has 0 amide bonds. The van der Waals surface area contributed by atoms with Crippen molar-refractivity contribution in [3.05, 3.63) is 92.1 Å². The Morgan fingerprint density at radius 2 is 1.81 bits per heavy atom. The molecule has 0 aliphatic rings. The molecule has 0 aliphatic carbocycles. The zero-order valence-corrected chi connectivity index (χ0v) is 14.6. The number of hydrogen-bond donors (Lipinski definition) is 0. The van der Waals surface area contributed by atoms with Crippen LogP contribution in [0, 0.1) is 15.9 Å².